The molecule has 0 fully saturated rings. The minimum absolute atomic E-state index is 0.120. The fourth-order valence-electron chi connectivity index (χ4n) is 2.61. The SMILES string of the molecule is CC(=O)NC(CC(=O)NCc1ccc(OC(C)C)cc1)c1ccc(Cl)cc1. The molecule has 0 bridgehead atoms. The second-order valence-electron chi connectivity index (χ2n) is 6.60. The van der Waals surface area contributed by atoms with Crippen molar-refractivity contribution in [1.29, 1.82) is 0 Å². The summed E-state index contributed by atoms with van der Waals surface area (Å²) in [7, 11) is 0. The van der Waals surface area contributed by atoms with Crippen molar-refractivity contribution < 1.29 is 14.3 Å². The highest BCUT2D eigenvalue weighted by molar-refractivity contribution is 6.30. The van der Waals surface area contributed by atoms with Gasteiger partial charge in [0.2, 0.25) is 11.8 Å². The third-order valence-electron chi connectivity index (χ3n) is 3.82. The number of hydrogen-bond donors (Lipinski definition) is 2. The predicted molar refractivity (Wildman–Crippen MR) is 107 cm³/mol. The Bertz CT molecular complexity index is 758. The Hall–Kier alpha value is -2.53. The zero-order chi connectivity index (χ0) is 19.8. The van der Waals surface area contributed by atoms with E-state index < -0.39 is 6.04 Å². The van der Waals surface area contributed by atoms with Crippen LogP contribution in [0.25, 0.3) is 0 Å². The quantitative estimate of drug-likeness (QED) is 0.717. The highest BCUT2D eigenvalue weighted by Gasteiger charge is 2.17. The van der Waals surface area contributed by atoms with Gasteiger partial charge in [-0.2, -0.15) is 0 Å². The van der Waals surface area contributed by atoms with Crippen molar-refractivity contribution in [3.8, 4) is 5.75 Å². The predicted octanol–water partition coefficient (Wildman–Crippen LogP) is 4.01. The van der Waals surface area contributed by atoms with Crippen molar-refractivity contribution in [3.63, 3.8) is 0 Å². The Morgan fingerprint density at radius 1 is 1.04 bits per heavy atom. The summed E-state index contributed by atoms with van der Waals surface area (Å²) in [5.41, 5.74) is 1.81. The third-order valence-corrected chi connectivity index (χ3v) is 4.08. The van der Waals surface area contributed by atoms with E-state index in [-0.39, 0.29) is 24.3 Å². The lowest BCUT2D eigenvalue weighted by Gasteiger charge is -2.18. The maximum Gasteiger partial charge on any atom is 0.222 e. The zero-order valence-corrected chi connectivity index (χ0v) is 16.5. The van der Waals surface area contributed by atoms with E-state index in [4.69, 9.17) is 16.3 Å². The summed E-state index contributed by atoms with van der Waals surface area (Å²) < 4.78 is 5.60. The van der Waals surface area contributed by atoms with Crippen molar-refractivity contribution in [3.05, 3.63) is 64.7 Å². The molecule has 0 saturated heterocycles. The molecular weight excluding hydrogens is 364 g/mol. The molecule has 2 amide bonds. The molecule has 0 spiro atoms. The lowest BCUT2D eigenvalue weighted by Crippen LogP contribution is -2.32. The number of carbonyl (C=O) groups is 2. The average Bonchev–Trinajstić information content (AvgIpc) is 2.60. The van der Waals surface area contributed by atoms with Gasteiger partial charge in [0.25, 0.3) is 0 Å². The van der Waals surface area contributed by atoms with Crippen LogP contribution in [0.2, 0.25) is 5.02 Å². The lowest BCUT2D eigenvalue weighted by atomic mass is 10.0. The normalized spacial score (nSPS) is 11.7. The minimum atomic E-state index is -0.401. The number of hydrogen-bond acceptors (Lipinski definition) is 3. The van der Waals surface area contributed by atoms with Crippen LogP contribution in [0.3, 0.4) is 0 Å². The molecule has 27 heavy (non-hydrogen) atoms. The molecule has 2 N–H and O–H groups in total. The summed E-state index contributed by atoms with van der Waals surface area (Å²) in [5.74, 6) is 0.461. The Morgan fingerprint density at radius 3 is 2.22 bits per heavy atom. The van der Waals surface area contributed by atoms with Gasteiger partial charge in [0, 0.05) is 18.5 Å². The Kier molecular flexibility index (Phi) is 7.67. The van der Waals surface area contributed by atoms with Gasteiger partial charge in [-0.15, -0.1) is 0 Å². The lowest BCUT2D eigenvalue weighted by molar-refractivity contribution is -0.122. The van der Waals surface area contributed by atoms with Crippen molar-refractivity contribution in [1.82, 2.24) is 10.6 Å². The maximum atomic E-state index is 12.3. The molecule has 2 rings (SSSR count). The van der Waals surface area contributed by atoms with E-state index in [2.05, 4.69) is 10.6 Å². The van der Waals surface area contributed by atoms with E-state index in [1.54, 1.807) is 12.1 Å². The molecule has 0 aromatic heterocycles. The molecule has 5 nitrogen and oxygen atoms in total. The number of halogens is 1. The van der Waals surface area contributed by atoms with Gasteiger partial charge in [0.05, 0.1) is 18.6 Å². The molecule has 0 aliphatic rings. The van der Waals surface area contributed by atoms with Crippen molar-refractivity contribution in [2.45, 2.75) is 45.9 Å². The van der Waals surface area contributed by atoms with Crippen molar-refractivity contribution >= 4 is 23.4 Å². The average molecular weight is 389 g/mol. The maximum absolute atomic E-state index is 12.3. The molecule has 144 valence electrons. The molecule has 0 radical (unpaired) electrons. The summed E-state index contributed by atoms with van der Waals surface area (Å²) >= 11 is 5.91. The van der Waals surface area contributed by atoms with Gasteiger partial charge in [-0.1, -0.05) is 35.9 Å². The van der Waals surface area contributed by atoms with Crippen LogP contribution in [0.4, 0.5) is 0 Å². The highest BCUT2D eigenvalue weighted by Crippen LogP contribution is 2.20. The van der Waals surface area contributed by atoms with Crippen LogP contribution >= 0.6 is 11.6 Å². The number of benzene rings is 2. The van der Waals surface area contributed by atoms with Gasteiger partial charge in [0.15, 0.2) is 0 Å². The molecule has 1 atom stereocenters. The monoisotopic (exact) mass is 388 g/mol. The molecule has 0 aliphatic heterocycles. The molecule has 0 aliphatic carbocycles. The summed E-state index contributed by atoms with van der Waals surface area (Å²) in [5, 5.41) is 6.30. The molecular formula is C21H25ClN2O3. The molecule has 6 heteroatoms. The summed E-state index contributed by atoms with van der Waals surface area (Å²) in [6.07, 6.45) is 0.268. The van der Waals surface area contributed by atoms with Crippen LogP contribution in [0.1, 0.15) is 44.4 Å². The van der Waals surface area contributed by atoms with Gasteiger partial charge in [-0.25, -0.2) is 0 Å². The number of nitrogens with one attached hydrogen (secondary N) is 2. The third kappa shape index (κ3) is 7.31. The van der Waals surface area contributed by atoms with Crippen molar-refractivity contribution in [2.75, 3.05) is 0 Å². The Morgan fingerprint density at radius 2 is 1.67 bits per heavy atom. The van der Waals surface area contributed by atoms with Crippen LogP contribution in [0.5, 0.6) is 5.75 Å². The van der Waals surface area contributed by atoms with E-state index in [9.17, 15) is 9.59 Å². The van der Waals surface area contributed by atoms with Gasteiger partial charge < -0.3 is 15.4 Å². The van der Waals surface area contributed by atoms with E-state index in [0.29, 0.717) is 11.6 Å². The number of amides is 2. The summed E-state index contributed by atoms with van der Waals surface area (Å²) in [6, 6.07) is 14.3. The molecule has 1 unspecified atom stereocenters. The second kappa shape index (κ2) is 9.97. The van der Waals surface area contributed by atoms with Crippen LogP contribution in [-0.2, 0) is 16.1 Å². The largest absolute Gasteiger partial charge is 0.491 e. The molecule has 2 aromatic carbocycles. The minimum Gasteiger partial charge on any atom is -0.491 e. The summed E-state index contributed by atoms with van der Waals surface area (Å²) in [4.78, 5) is 23.8. The summed E-state index contributed by atoms with van der Waals surface area (Å²) in [6.45, 7) is 5.79. The first kappa shape index (κ1) is 20.8. The number of rotatable bonds is 8. The number of carbonyl (C=O) groups excluding carboxylic acids is 2. The Balaban J connectivity index is 1.93. The van der Waals surface area contributed by atoms with Gasteiger partial charge in [0.1, 0.15) is 5.75 Å². The van der Waals surface area contributed by atoms with Crippen LogP contribution in [0.15, 0.2) is 48.5 Å². The van der Waals surface area contributed by atoms with E-state index in [1.165, 1.54) is 6.92 Å². The van der Waals surface area contributed by atoms with Crippen LogP contribution in [0, 0.1) is 0 Å². The smallest absolute Gasteiger partial charge is 0.222 e. The van der Waals surface area contributed by atoms with E-state index in [0.717, 1.165) is 16.9 Å². The van der Waals surface area contributed by atoms with Gasteiger partial charge in [-0.3, -0.25) is 9.59 Å². The van der Waals surface area contributed by atoms with Crippen LogP contribution < -0.4 is 15.4 Å². The first-order chi connectivity index (χ1) is 12.8. The number of ether oxygens (including phenoxy) is 1. The fraction of sp³-hybridized carbons (Fsp3) is 0.333. The standard InChI is InChI=1S/C21H25ClN2O3/c1-14(2)27-19-10-4-16(5-11-19)13-23-21(26)12-20(24-15(3)25)17-6-8-18(22)9-7-17/h4-11,14,20H,12-13H2,1-3H3,(H,23,26)(H,24,25). The van der Waals surface area contributed by atoms with E-state index >= 15 is 0 Å². The topological polar surface area (TPSA) is 67.4 Å². The van der Waals surface area contributed by atoms with Gasteiger partial charge >= 0.3 is 0 Å². The molecule has 0 heterocycles. The zero-order valence-electron chi connectivity index (χ0n) is 15.8. The molecule has 2 aromatic rings. The van der Waals surface area contributed by atoms with Crippen LogP contribution in [-0.4, -0.2) is 17.9 Å². The highest BCUT2D eigenvalue weighted by atomic mass is 35.5. The first-order valence-corrected chi connectivity index (χ1v) is 9.26. The second-order valence-corrected chi connectivity index (χ2v) is 7.03. The first-order valence-electron chi connectivity index (χ1n) is 8.88. The Labute approximate surface area is 165 Å². The fourth-order valence-corrected chi connectivity index (χ4v) is 2.73. The van der Waals surface area contributed by atoms with Gasteiger partial charge in [-0.05, 0) is 49.2 Å². The van der Waals surface area contributed by atoms with E-state index in [1.807, 2.05) is 50.2 Å². The van der Waals surface area contributed by atoms with Crippen molar-refractivity contribution in [2.24, 2.45) is 0 Å². The molecule has 0 saturated carbocycles.